The van der Waals surface area contributed by atoms with Crippen molar-refractivity contribution in [1.82, 2.24) is 13.8 Å². The van der Waals surface area contributed by atoms with Crippen LogP contribution in [-0.2, 0) is 23.5 Å². The summed E-state index contributed by atoms with van der Waals surface area (Å²) in [4.78, 5) is 14.8. The van der Waals surface area contributed by atoms with Crippen LogP contribution in [0.2, 0.25) is 0 Å². The number of aromatic nitrogens is 1. The van der Waals surface area contributed by atoms with Gasteiger partial charge in [-0.15, -0.1) is 0 Å². The SMILES string of the molecule is CCN(CC)S(=O)(=O)c1cc(C(=O)N2CC(Cc3ccccc3)C2)n(C)c1. The fourth-order valence-electron chi connectivity index (χ4n) is 3.57. The molecular formula is C20H27N3O3S. The van der Waals surface area contributed by atoms with Crippen LogP contribution in [0.1, 0.15) is 29.9 Å². The van der Waals surface area contributed by atoms with E-state index in [0.717, 1.165) is 6.42 Å². The number of aryl methyl sites for hydroxylation is 1. The molecule has 0 bridgehead atoms. The number of benzene rings is 1. The van der Waals surface area contributed by atoms with Crippen LogP contribution in [-0.4, -0.2) is 54.3 Å². The van der Waals surface area contributed by atoms with Crippen LogP contribution in [0.5, 0.6) is 0 Å². The summed E-state index contributed by atoms with van der Waals surface area (Å²) in [6, 6.07) is 11.8. The van der Waals surface area contributed by atoms with Gasteiger partial charge in [-0.25, -0.2) is 8.42 Å². The van der Waals surface area contributed by atoms with Crippen LogP contribution >= 0.6 is 0 Å². The summed E-state index contributed by atoms with van der Waals surface area (Å²) in [6.45, 7) is 5.84. The number of hydrogen-bond acceptors (Lipinski definition) is 3. The Morgan fingerprint density at radius 2 is 1.78 bits per heavy atom. The zero-order valence-corrected chi connectivity index (χ0v) is 16.9. The quantitative estimate of drug-likeness (QED) is 0.730. The molecule has 7 heteroatoms. The maximum Gasteiger partial charge on any atom is 0.270 e. The van der Waals surface area contributed by atoms with E-state index in [-0.39, 0.29) is 10.8 Å². The maximum atomic E-state index is 12.8. The fraction of sp³-hybridized carbons (Fsp3) is 0.450. The molecule has 0 aliphatic carbocycles. The molecule has 0 atom stereocenters. The second kappa shape index (κ2) is 7.86. The van der Waals surface area contributed by atoms with Crippen LogP contribution in [0.25, 0.3) is 0 Å². The molecule has 1 aromatic carbocycles. The molecule has 1 aliphatic heterocycles. The van der Waals surface area contributed by atoms with Gasteiger partial charge >= 0.3 is 0 Å². The Bertz CT molecular complexity index is 896. The number of nitrogens with zero attached hydrogens (tertiary/aromatic N) is 3. The standard InChI is InChI=1S/C20H27N3O3S/c1-4-23(5-2)27(25,26)18-12-19(21(3)15-18)20(24)22-13-17(14-22)11-16-9-7-6-8-10-16/h6-10,12,15,17H,4-5,11,13-14H2,1-3H3. The van der Waals surface area contributed by atoms with Crippen molar-refractivity contribution in [3.8, 4) is 0 Å². The minimum Gasteiger partial charge on any atom is -0.345 e. The van der Waals surface area contributed by atoms with Crippen molar-refractivity contribution in [2.24, 2.45) is 13.0 Å². The zero-order valence-electron chi connectivity index (χ0n) is 16.1. The lowest BCUT2D eigenvalue weighted by Crippen LogP contribution is -2.51. The molecule has 146 valence electrons. The molecule has 0 spiro atoms. The predicted molar refractivity (Wildman–Crippen MR) is 105 cm³/mol. The second-order valence-corrected chi connectivity index (χ2v) is 8.97. The summed E-state index contributed by atoms with van der Waals surface area (Å²) in [5.74, 6) is 0.346. The zero-order chi connectivity index (χ0) is 19.6. The van der Waals surface area contributed by atoms with E-state index in [1.807, 2.05) is 32.0 Å². The third-order valence-electron chi connectivity index (χ3n) is 5.15. The third kappa shape index (κ3) is 3.94. The number of amides is 1. The normalized spacial score (nSPS) is 15.2. The first-order chi connectivity index (χ1) is 12.9. The summed E-state index contributed by atoms with van der Waals surface area (Å²) in [5, 5.41) is 0. The molecule has 1 aliphatic rings. The highest BCUT2D eigenvalue weighted by molar-refractivity contribution is 7.89. The number of carbonyl (C=O) groups excluding carboxylic acids is 1. The highest BCUT2D eigenvalue weighted by Crippen LogP contribution is 2.25. The molecule has 1 saturated heterocycles. The smallest absolute Gasteiger partial charge is 0.270 e. The number of likely N-dealkylation sites (tertiary alicyclic amines) is 1. The molecule has 0 saturated carbocycles. The summed E-state index contributed by atoms with van der Waals surface area (Å²) in [5.41, 5.74) is 1.69. The molecule has 1 amide bonds. The van der Waals surface area contributed by atoms with E-state index in [1.165, 1.54) is 22.1 Å². The topological polar surface area (TPSA) is 62.6 Å². The third-order valence-corrected chi connectivity index (χ3v) is 7.17. The highest BCUT2D eigenvalue weighted by Gasteiger charge is 2.33. The summed E-state index contributed by atoms with van der Waals surface area (Å²) in [7, 11) is -1.84. The van der Waals surface area contributed by atoms with Gasteiger partial charge in [0.2, 0.25) is 10.0 Å². The van der Waals surface area contributed by atoms with Crippen LogP contribution in [0.15, 0.2) is 47.5 Å². The number of sulfonamides is 1. The van der Waals surface area contributed by atoms with Gasteiger partial charge in [0.25, 0.3) is 5.91 Å². The maximum absolute atomic E-state index is 12.8. The van der Waals surface area contributed by atoms with Crippen LogP contribution < -0.4 is 0 Å². The van der Waals surface area contributed by atoms with Gasteiger partial charge in [-0.1, -0.05) is 44.2 Å². The van der Waals surface area contributed by atoms with Gasteiger partial charge in [-0.2, -0.15) is 4.31 Å². The van der Waals surface area contributed by atoms with Crippen molar-refractivity contribution < 1.29 is 13.2 Å². The lowest BCUT2D eigenvalue weighted by Gasteiger charge is -2.39. The fourth-order valence-corrected chi connectivity index (χ4v) is 5.10. The van der Waals surface area contributed by atoms with Gasteiger partial charge in [0.05, 0.1) is 0 Å². The Kier molecular flexibility index (Phi) is 5.72. The number of hydrogen-bond donors (Lipinski definition) is 0. The molecule has 27 heavy (non-hydrogen) atoms. The molecule has 2 heterocycles. The van der Waals surface area contributed by atoms with Crippen LogP contribution in [0.4, 0.5) is 0 Å². The highest BCUT2D eigenvalue weighted by atomic mass is 32.2. The molecule has 1 fully saturated rings. The largest absolute Gasteiger partial charge is 0.345 e. The van der Waals surface area contributed by atoms with Crippen molar-refractivity contribution in [3.05, 3.63) is 53.9 Å². The lowest BCUT2D eigenvalue weighted by atomic mass is 9.92. The van der Waals surface area contributed by atoms with E-state index < -0.39 is 10.0 Å². The first-order valence-corrected chi connectivity index (χ1v) is 10.8. The summed E-state index contributed by atoms with van der Waals surface area (Å²) >= 11 is 0. The van der Waals surface area contributed by atoms with Gasteiger partial charge in [0, 0.05) is 39.4 Å². The average molecular weight is 390 g/mol. The van der Waals surface area contributed by atoms with Gasteiger partial charge < -0.3 is 9.47 Å². The van der Waals surface area contributed by atoms with E-state index >= 15 is 0 Å². The minimum absolute atomic E-state index is 0.109. The molecular weight excluding hydrogens is 362 g/mol. The monoisotopic (exact) mass is 389 g/mol. The van der Waals surface area contributed by atoms with E-state index in [9.17, 15) is 13.2 Å². The van der Waals surface area contributed by atoms with E-state index in [0.29, 0.717) is 37.8 Å². The Hall–Kier alpha value is -2.12. The Labute approximate surface area is 161 Å². The van der Waals surface area contributed by atoms with Gasteiger partial charge in [-0.05, 0) is 24.0 Å². The lowest BCUT2D eigenvalue weighted by molar-refractivity contribution is 0.0491. The molecule has 0 unspecified atom stereocenters. The molecule has 3 rings (SSSR count). The van der Waals surface area contributed by atoms with Gasteiger partial charge in [-0.3, -0.25) is 4.79 Å². The van der Waals surface area contributed by atoms with Crippen molar-refractivity contribution in [1.29, 1.82) is 0 Å². The van der Waals surface area contributed by atoms with Crippen molar-refractivity contribution >= 4 is 15.9 Å². The average Bonchev–Trinajstić information content (AvgIpc) is 3.01. The van der Waals surface area contributed by atoms with Crippen LogP contribution in [0, 0.1) is 5.92 Å². The second-order valence-electron chi connectivity index (χ2n) is 7.03. The molecule has 0 N–H and O–H groups in total. The van der Waals surface area contributed by atoms with Gasteiger partial charge in [0.15, 0.2) is 0 Å². The first kappa shape index (κ1) is 19.6. The van der Waals surface area contributed by atoms with Crippen molar-refractivity contribution in [3.63, 3.8) is 0 Å². The van der Waals surface area contributed by atoms with E-state index in [1.54, 1.807) is 16.5 Å². The minimum atomic E-state index is -3.56. The van der Waals surface area contributed by atoms with Crippen molar-refractivity contribution in [2.45, 2.75) is 25.2 Å². The Balaban J connectivity index is 1.68. The van der Waals surface area contributed by atoms with E-state index in [4.69, 9.17) is 0 Å². The molecule has 1 aromatic heterocycles. The number of carbonyl (C=O) groups is 1. The Morgan fingerprint density at radius 3 is 2.37 bits per heavy atom. The Morgan fingerprint density at radius 1 is 1.15 bits per heavy atom. The molecule has 0 radical (unpaired) electrons. The van der Waals surface area contributed by atoms with Gasteiger partial charge in [0.1, 0.15) is 10.6 Å². The summed E-state index contributed by atoms with van der Waals surface area (Å²) < 4.78 is 28.4. The number of rotatable bonds is 7. The van der Waals surface area contributed by atoms with E-state index in [2.05, 4.69) is 12.1 Å². The van der Waals surface area contributed by atoms with Crippen LogP contribution in [0.3, 0.4) is 0 Å². The molecule has 2 aromatic rings. The first-order valence-electron chi connectivity index (χ1n) is 9.36. The molecule has 6 nitrogen and oxygen atoms in total. The van der Waals surface area contributed by atoms with Crippen molar-refractivity contribution in [2.75, 3.05) is 26.2 Å². The predicted octanol–water partition coefficient (Wildman–Crippen LogP) is 2.37. The summed E-state index contributed by atoms with van der Waals surface area (Å²) in [6.07, 6.45) is 2.49.